The summed E-state index contributed by atoms with van der Waals surface area (Å²) in [5.41, 5.74) is 7.04. The van der Waals surface area contributed by atoms with E-state index in [1.807, 2.05) is 12.5 Å². The molecular weight excluding hydrogens is 224 g/mol. The maximum absolute atomic E-state index is 5.64. The largest absolute Gasteiger partial charge is 0.330 e. The van der Waals surface area contributed by atoms with E-state index in [9.17, 15) is 0 Å². The highest BCUT2D eigenvalue weighted by molar-refractivity contribution is 5.03. The summed E-state index contributed by atoms with van der Waals surface area (Å²) in [7, 11) is 0. The Morgan fingerprint density at radius 2 is 2.00 bits per heavy atom. The van der Waals surface area contributed by atoms with Gasteiger partial charge in [-0.05, 0) is 57.7 Å². The van der Waals surface area contributed by atoms with Gasteiger partial charge in [-0.15, -0.1) is 0 Å². The second kappa shape index (κ2) is 5.41. The first-order chi connectivity index (χ1) is 8.86. The number of nitrogens with zero attached hydrogens (tertiary/aromatic N) is 3. The smallest absolute Gasteiger partial charge is 0.0951 e. The molecule has 1 aliphatic carbocycles. The van der Waals surface area contributed by atoms with Gasteiger partial charge < -0.3 is 10.3 Å². The maximum Gasteiger partial charge on any atom is 0.0951 e. The van der Waals surface area contributed by atoms with E-state index in [0.717, 1.165) is 25.0 Å². The number of aromatic nitrogens is 2. The van der Waals surface area contributed by atoms with Crippen molar-refractivity contribution in [1.29, 1.82) is 0 Å². The molecule has 0 unspecified atom stereocenters. The SMILES string of the molecule is NCCC1CCN(Cc2cncn2C2CC2)CC1. The van der Waals surface area contributed by atoms with Crippen LogP contribution in [0.2, 0.25) is 0 Å². The molecule has 1 aliphatic heterocycles. The molecule has 4 heteroatoms. The van der Waals surface area contributed by atoms with Gasteiger partial charge in [0.15, 0.2) is 0 Å². The molecule has 1 saturated heterocycles. The summed E-state index contributed by atoms with van der Waals surface area (Å²) in [5.74, 6) is 0.861. The van der Waals surface area contributed by atoms with Crippen LogP contribution in [0.1, 0.15) is 43.8 Å². The van der Waals surface area contributed by atoms with Gasteiger partial charge in [-0.2, -0.15) is 0 Å². The van der Waals surface area contributed by atoms with Crippen LogP contribution in [-0.2, 0) is 6.54 Å². The van der Waals surface area contributed by atoms with Crippen molar-refractivity contribution in [1.82, 2.24) is 14.5 Å². The summed E-state index contributed by atoms with van der Waals surface area (Å²) < 4.78 is 2.38. The van der Waals surface area contributed by atoms with E-state index in [1.54, 1.807) is 0 Å². The van der Waals surface area contributed by atoms with Gasteiger partial charge in [-0.3, -0.25) is 4.90 Å². The van der Waals surface area contributed by atoms with Crippen LogP contribution in [0.25, 0.3) is 0 Å². The molecule has 0 spiro atoms. The van der Waals surface area contributed by atoms with Crippen LogP contribution < -0.4 is 5.73 Å². The number of nitrogens with two attached hydrogens (primary N) is 1. The van der Waals surface area contributed by atoms with Crippen molar-refractivity contribution in [3.05, 3.63) is 18.2 Å². The van der Waals surface area contributed by atoms with Crippen molar-refractivity contribution in [3.8, 4) is 0 Å². The molecule has 2 fully saturated rings. The first-order valence-electron chi connectivity index (χ1n) is 7.30. The lowest BCUT2D eigenvalue weighted by Crippen LogP contribution is -2.34. The lowest BCUT2D eigenvalue weighted by atomic mass is 9.93. The van der Waals surface area contributed by atoms with Crippen LogP contribution in [-0.4, -0.2) is 34.1 Å². The van der Waals surface area contributed by atoms with Gasteiger partial charge >= 0.3 is 0 Å². The van der Waals surface area contributed by atoms with Crippen LogP contribution in [0.4, 0.5) is 0 Å². The predicted molar refractivity (Wildman–Crippen MR) is 72.2 cm³/mol. The van der Waals surface area contributed by atoms with Gasteiger partial charge in [-0.1, -0.05) is 0 Å². The van der Waals surface area contributed by atoms with E-state index < -0.39 is 0 Å². The Bertz CT molecular complexity index is 375. The molecule has 0 amide bonds. The van der Waals surface area contributed by atoms with E-state index in [-0.39, 0.29) is 0 Å². The highest BCUT2D eigenvalue weighted by Gasteiger charge is 2.26. The highest BCUT2D eigenvalue weighted by atomic mass is 15.2. The minimum Gasteiger partial charge on any atom is -0.330 e. The first kappa shape index (κ1) is 12.2. The molecule has 4 nitrogen and oxygen atoms in total. The average Bonchev–Trinajstić information content (AvgIpc) is 3.13. The van der Waals surface area contributed by atoms with E-state index in [2.05, 4.69) is 14.5 Å². The van der Waals surface area contributed by atoms with Crippen LogP contribution in [0, 0.1) is 5.92 Å². The van der Waals surface area contributed by atoms with E-state index in [0.29, 0.717) is 0 Å². The Morgan fingerprint density at radius 3 is 2.67 bits per heavy atom. The fourth-order valence-corrected chi connectivity index (χ4v) is 3.03. The average molecular weight is 248 g/mol. The minimum atomic E-state index is 0.747. The molecule has 18 heavy (non-hydrogen) atoms. The number of likely N-dealkylation sites (tertiary alicyclic amines) is 1. The van der Waals surface area contributed by atoms with Crippen LogP contribution in [0.3, 0.4) is 0 Å². The zero-order valence-electron chi connectivity index (χ0n) is 11.1. The quantitative estimate of drug-likeness (QED) is 0.864. The normalized spacial score (nSPS) is 22.5. The van der Waals surface area contributed by atoms with Crippen LogP contribution in [0.5, 0.6) is 0 Å². The summed E-state index contributed by atoms with van der Waals surface area (Å²) >= 11 is 0. The fourth-order valence-electron chi connectivity index (χ4n) is 3.03. The lowest BCUT2D eigenvalue weighted by molar-refractivity contribution is 0.170. The molecule has 2 aliphatic rings. The molecule has 0 bridgehead atoms. The number of hydrogen-bond donors (Lipinski definition) is 1. The Balaban J connectivity index is 1.52. The zero-order chi connectivity index (χ0) is 12.4. The Kier molecular flexibility index (Phi) is 3.66. The Labute approximate surface area is 109 Å². The summed E-state index contributed by atoms with van der Waals surface area (Å²) in [6.45, 7) is 4.37. The zero-order valence-corrected chi connectivity index (χ0v) is 11.1. The van der Waals surface area contributed by atoms with Gasteiger partial charge in [0, 0.05) is 18.8 Å². The van der Waals surface area contributed by atoms with Crippen molar-refractivity contribution in [3.63, 3.8) is 0 Å². The second-order valence-electron chi connectivity index (χ2n) is 5.82. The van der Waals surface area contributed by atoms with Crippen molar-refractivity contribution in [2.45, 2.75) is 44.7 Å². The molecule has 0 aromatic carbocycles. The lowest BCUT2D eigenvalue weighted by Gasteiger charge is -2.31. The van der Waals surface area contributed by atoms with Gasteiger partial charge in [0.05, 0.1) is 12.0 Å². The molecule has 1 aromatic heterocycles. The number of hydrogen-bond acceptors (Lipinski definition) is 3. The third-order valence-electron chi connectivity index (χ3n) is 4.35. The van der Waals surface area contributed by atoms with Gasteiger partial charge in [0.25, 0.3) is 0 Å². The van der Waals surface area contributed by atoms with Crippen molar-refractivity contribution >= 4 is 0 Å². The van der Waals surface area contributed by atoms with E-state index in [1.165, 1.54) is 50.9 Å². The summed E-state index contributed by atoms with van der Waals surface area (Å²) in [4.78, 5) is 6.89. The Hall–Kier alpha value is -0.870. The monoisotopic (exact) mass is 248 g/mol. The van der Waals surface area contributed by atoms with Crippen LogP contribution in [0.15, 0.2) is 12.5 Å². The topological polar surface area (TPSA) is 47.1 Å². The maximum atomic E-state index is 5.64. The molecule has 100 valence electrons. The third-order valence-corrected chi connectivity index (χ3v) is 4.35. The van der Waals surface area contributed by atoms with Crippen molar-refractivity contribution in [2.75, 3.05) is 19.6 Å². The molecule has 0 atom stereocenters. The van der Waals surface area contributed by atoms with Gasteiger partial charge in [-0.25, -0.2) is 4.98 Å². The molecule has 0 radical (unpaired) electrons. The summed E-state index contributed by atoms with van der Waals surface area (Å²) in [6, 6.07) is 0.747. The van der Waals surface area contributed by atoms with E-state index >= 15 is 0 Å². The van der Waals surface area contributed by atoms with Crippen LogP contribution >= 0.6 is 0 Å². The summed E-state index contributed by atoms with van der Waals surface area (Å²) in [6.07, 6.45) is 10.6. The standard InChI is InChI=1S/C14H24N4/c15-6-3-12-4-7-17(8-5-12)10-14-9-16-11-18(14)13-1-2-13/h9,11-13H,1-8,10,15H2. The second-order valence-corrected chi connectivity index (χ2v) is 5.82. The van der Waals surface area contributed by atoms with Gasteiger partial charge in [0.2, 0.25) is 0 Å². The number of imidazole rings is 1. The van der Waals surface area contributed by atoms with Crippen molar-refractivity contribution in [2.24, 2.45) is 11.7 Å². The first-order valence-corrected chi connectivity index (χ1v) is 7.30. The number of rotatable bonds is 5. The Morgan fingerprint density at radius 1 is 1.22 bits per heavy atom. The third kappa shape index (κ3) is 2.75. The molecule has 2 heterocycles. The minimum absolute atomic E-state index is 0.747. The van der Waals surface area contributed by atoms with Gasteiger partial charge in [0.1, 0.15) is 0 Å². The predicted octanol–water partition coefficient (Wildman–Crippen LogP) is 1.78. The molecule has 1 aromatic rings. The molecular formula is C14H24N4. The highest BCUT2D eigenvalue weighted by Crippen LogP contribution is 2.36. The van der Waals surface area contributed by atoms with Crippen molar-refractivity contribution < 1.29 is 0 Å². The number of piperidine rings is 1. The fraction of sp³-hybridized carbons (Fsp3) is 0.786. The molecule has 1 saturated carbocycles. The summed E-state index contributed by atoms with van der Waals surface area (Å²) in [5, 5.41) is 0. The van der Waals surface area contributed by atoms with E-state index in [4.69, 9.17) is 5.73 Å². The molecule has 2 N–H and O–H groups in total. The molecule has 3 rings (SSSR count).